The topological polar surface area (TPSA) is 24.1 Å². The SMILES string of the molecule is CC12CNCC(C)(CNC1)C2. The van der Waals surface area contributed by atoms with Gasteiger partial charge in [0, 0.05) is 26.2 Å². The van der Waals surface area contributed by atoms with Crippen molar-refractivity contribution in [3.8, 4) is 0 Å². The zero-order valence-corrected chi connectivity index (χ0v) is 7.54. The summed E-state index contributed by atoms with van der Waals surface area (Å²) in [6.45, 7) is 9.52. The minimum absolute atomic E-state index is 0.519. The first-order valence-electron chi connectivity index (χ1n) is 4.54. The quantitative estimate of drug-likeness (QED) is 0.534. The largest absolute Gasteiger partial charge is 0.316 e. The van der Waals surface area contributed by atoms with Crippen LogP contribution in [0.25, 0.3) is 0 Å². The third kappa shape index (κ3) is 1.30. The predicted molar refractivity (Wildman–Crippen MR) is 46.6 cm³/mol. The third-order valence-corrected chi connectivity index (χ3v) is 3.06. The Morgan fingerprint density at radius 1 is 0.818 bits per heavy atom. The number of fused-ring (bicyclic) bond motifs is 2. The molecule has 64 valence electrons. The molecule has 0 radical (unpaired) electrons. The lowest BCUT2D eigenvalue weighted by molar-refractivity contribution is 0.0615. The van der Waals surface area contributed by atoms with E-state index in [2.05, 4.69) is 24.5 Å². The van der Waals surface area contributed by atoms with Gasteiger partial charge < -0.3 is 10.6 Å². The number of nitrogens with one attached hydrogen (secondary N) is 2. The molecule has 0 unspecified atom stereocenters. The van der Waals surface area contributed by atoms with Gasteiger partial charge >= 0.3 is 0 Å². The highest BCUT2D eigenvalue weighted by Crippen LogP contribution is 2.38. The van der Waals surface area contributed by atoms with Crippen LogP contribution >= 0.6 is 0 Å². The maximum absolute atomic E-state index is 3.53. The Bertz CT molecular complexity index is 139. The van der Waals surface area contributed by atoms with Crippen LogP contribution in [0.3, 0.4) is 0 Å². The van der Waals surface area contributed by atoms with Crippen molar-refractivity contribution in [2.75, 3.05) is 26.2 Å². The van der Waals surface area contributed by atoms with Gasteiger partial charge in [0.2, 0.25) is 0 Å². The summed E-state index contributed by atoms with van der Waals surface area (Å²) in [7, 11) is 0. The minimum Gasteiger partial charge on any atom is -0.316 e. The molecule has 2 aliphatic heterocycles. The Kier molecular flexibility index (Phi) is 1.52. The van der Waals surface area contributed by atoms with Crippen LogP contribution in [-0.2, 0) is 0 Å². The second kappa shape index (κ2) is 2.20. The monoisotopic (exact) mass is 154 g/mol. The fourth-order valence-electron chi connectivity index (χ4n) is 2.74. The normalized spacial score (nSPS) is 50.7. The average molecular weight is 154 g/mol. The van der Waals surface area contributed by atoms with Gasteiger partial charge in [-0.1, -0.05) is 13.8 Å². The Balaban J connectivity index is 2.16. The fourth-order valence-corrected chi connectivity index (χ4v) is 2.74. The standard InChI is InChI=1S/C9H18N2/c1-8-3-9(2,6-10-4-8)7-11-5-8/h10-11H,3-7H2,1-2H3. The van der Waals surface area contributed by atoms with Crippen molar-refractivity contribution in [3.05, 3.63) is 0 Å². The average Bonchev–Trinajstić information content (AvgIpc) is 1.83. The molecule has 0 saturated carbocycles. The lowest BCUT2D eigenvalue weighted by atomic mass is 9.67. The van der Waals surface area contributed by atoms with Gasteiger partial charge in [0.15, 0.2) is 0 Å². The van der Waals surface area contributed by atoms with E-state index in [1.165, 1.54) is 32.6 Å². The Morgan fingerprint density at radius 3 is 1.45 bits per heavy atom. The van der Waals surface area contributed by atoms with Gasteiger partial charge in [-0.15, -0.1) is 0 Å². The van der Waals surface area contributed by atoms with Crippen LogP contribution in [-0.4, -0.2) is 26.2 Å². The Hall–Kier alpha value is -0.0800. The van der Waals surface area contributed by atoms with E-state index < -0.39 is 0 Å². The van der Waals surface area contributed by atoms with E-state index in [4.69, 9.17) is 0 Å². The molecule has 2 heteroatoms. The number of piperidine rings is 2. The third-order valence-electron chi connectivity index (χ3n) is 3.06. The summed E-state index contributed by atoms with van der Waals surface area (Å²) >= 11 is 0. The van der Waals surface area contributed by atoms with Gasteiger partial charge in [0.25, 0.3) is 0 Å². The number of rotatable bonds is 0. The van der Waals surface area contributed by atoms with E-state index >= 15 is 0 Å². The fraction of sp³-hybridized carbons (Fsp3) is 1.00. The highest BCUT2D eigenvalue weighted by atomic mass is 15.0. The highest BCUT2D eigenvalue weighted by Gasteiger charge is 2.42. The van der Waals surface area contributed by atoms with E-state index in [-0.39, 0.29) is 0 Å². The van der Waals surface area contributed by atoms with Crippen LogP contribution in [0.2, 0.25) is 0 Å². The predicted octanol–water partition coefficient (Wildman–Crippen LogP) is 0.595. The first kappa shape index (κ1) is 7.56. The molecule has 2 saturated heterocycles. The smallest absolute Gasteiger partial charge is 0.00178 e. The zero-order valence-electron chi connectivity index (χ0n) is 7.54. The van der Waals surface area contributed by atoms with Crippen molar-refractivity contribution in [2.24, 2.45) is 10.8 Å². The molecule has 2 heterocycles. The summed E-state index contributed by atoms with van der Waals surface area (Å²) in [5.41, 5.74) is 1.04. The summed E-state index contributed by atoms with van der Waals surface area (Å²) in [5.74, 6) is 0. The zero-order chi connectivity index (χ0) is 7.95. The van der Waals surface area contributed by atoms with E-state index in [0.29, 0.717) is 10.8 Å². The molecule has 2 rings (SSSR count). The van der Waals surface area contributed by atoms with E-state index in [1.807, 2.05) is 0 Å². The molecule has 2 fully saturated rings. The van der Waals surface area contributed by atoms with Crippen LogP contribution in [0.4, 0.5) is 0 Å². The molecule has 2 bridgehead atoms. The molecule has 0 amide bonds. The highest BCUT2D eigenvalue weighted by molar-refractivity contribution is 4.98. The molecule has 2 nitrogen and oxygen atoms in total. The summed E-state index contributed by atoms with van der Waals surface area (Å²) in [5, 5.41) is 7.06. The maximum atomic E-state index is 3.53. The van der Waals surface area contributed by atoms with Crippen molar-refractivity contribution in [1.29, 1.82) is 0 Å². The Morgan fingerprint density at radius 2 is 1.18 bits per heavy atom. The van der Waals surface area contributed by atoms with Crippen LogP contribution in [0.1, 0.15) is 20.3 Å². The van der Waals surface area contributed by atoms with Crippen LogP contribution in [0.5, 0.6) is 0 Å². The molecule has 0 aromatic rings. The summed E-state index contributed by atoms with van der Waals surface area (Å²) in [4.78, 5) is 0. The molecule has 2 N–H and O–H groups in total. The lowest BCUT2D eigenvalue weighted by Gasteiger charge is -2.49. The maximum Gasteiger partial charge on any atom is 0.00178 e. The lowest BCUT2D eigenvalue weighted by Crippen LogP contribution is -2.59. The van der Waals surface area contributed by atoms with Gasteiger partial charge in [0.1, 0.15) is 0 Å². The van der Waals surface area contributed by atoms with Crippen LogP contribution < -0.4 is 10.6 Å². The second-order valence-corrected chi connectivity index (χ2v) is 5.01. The van der Waals surface area contributed by atoms with E-state index in [0.717, 1.165) is 0 Å². The number of hydrogen-bond acceptors (Lipinski definition) is 2. The molecule has 0 aromatic heterocycles. The molecule has 0 aliphatic carbocycles. The first-order chi connectivity index (χ1) is 5.12. The molecule has 0 atom stereocenters. The Labute approximate surface area is 68.7 Å². The van der Waals surface area contributed by atoms with Crippen molar-refractivity contribution in [2.45, 2.75) is 20.3 Å². The van der Waals surface area contributed by atoms with Crippen molar-refractivity contribution in [3.63, 3.8) is 0 Å². The first-order valence-corrected chi connectivity index (χ1v) is 4.54. The molecule has 11 heavy (non-hydrogen) atoms. The molecule has 2 aliphatic rings. The van der Waals surface area contributed by atoms with Crippen molar-refractivity contribution < 1.29 is 0 Å². The molecular weight excluding hydrogens is 136 g/mol. The molecule has 0 aromatic carbocycles. The summed E-state index contributed by atoms with van der Waals surface area (Å²) in [6, 6.07) is 0. The van der Waals surface area contributed by atoms with Crippen molar-refractivity contribution in [1.82, 2.24) is 10.6 Å². The van der Waals surface area contributed by atoms with Crippen LogP contribution in [0.15, 0.2) is 0 Å². The van der Waals surface area contributed by atoms with Crippen molar-refractivity contribution >= 4 is 0 Å². The number of hydrogen-bond donors (Lipinski definition) is 2. The van der Waals surface area contributed by atoms with Crippen LogP contribution in [0, 0.1) is 10.8 Å². The summed E-state index contributed by atoms with van der Waals surface area (Å²) in [6.07, 6.45) is 1.39. The van der Waals surface area contributed by atoms with Gasteiger partial charge in [-0.2, -0.15) is 0 Å². The van der Waals surface area contributed by atoms with Gasteiger partial charge in [-0.25, -0.2) is 0 Å². The van der Waals surface area contributed by atoms with Gasteiger partial charge in [-0.3, -0.25) is 0 Å². The van der Waals surface area contributed by atoms with Gasteiger partial charge in [0.05, 0.1) is 0 Å². The molecule has 0 spiro atoms. The van der Waals surface area contributed by atoms with E-state index in [1.54, 1.807) is 0 Å². The minimum atomic E-state index is 0.519. The second-order valence-electron chi connectivity index (χ2n) is 5.01. The van der Waals surface area contributed by atoms with Gasteiger partial charge in [-0.05, 0) is 17.3 Å². The summed E-state index contributed by atoms with van der Waals surface area (Å²) < 4.78 is 0. The van der Waals surface area contributed by atoms with E-state index in [9.17, 15) is 0 Å². The molecular formula is C9H18N2.